The lowest BCUT2D eigenvalue weighted by atomic mass is 10.1. The van der Waals surface area contributed by atoms with E-state index in [-0.39, 0.29) is 17.0 Å². The van der Waals surface area contributed by atoms with Crippen molar-refractivity contribution in [1.82, 2.24) is 5.43 Å². The van der Waals surface area contributed by atoms with Gasteiger partial charge in [-0.2, -0.15) is 18.3 Å². The van der Waals surface area contributed by atoms with Gasteiger partial charge in [0.15, 0.2) is 0 Å². The minimum absolute atomic E-state index is 0.105. The van der Waals surface area contributed by atoms with E-state index < -0.39 is 17.6 Å². The number of hydrazone groups is 1. The number of rotatable bonds is 7. The van der Waals surface area contributed by atoms with E-state index in [2.05, 4.69) is 15.8 Å². The zero-order valence-corrected chi connectivity index (χ0v) is 15.2. The molecular formula is C20H20F3N3O2. The molecule has 0 aromatic heterocycles. The number of amides is 2. The minimum Gasteiger partial charge on any atom is -0.326 e. The number of hydrogen-bond donors (Lipinski definition) is 2. The molecule has 2 amide bonds. The number of hydrogen-bond acceptors (Lipinski definition) is 3. The fourth-order valence-electron chi connectivity index (χ4n) is 2.36. The maximum absolute atomic E-state index is 12.9. The summed E-state index contributed by atoms with van der Waals surface area (Å²) >= 11 is 0. The van der Waals surface area contributed by atoms with Crippen LogP contribution in [0.15, 0.2) is 53.6 Å². The Balaban J connectivity index is 1.97. The molecule has 0 saturated heterocycles. The maximum Gasteiger partial charge on any atom is 0.417 e. The second kappa shape index (κ2) is 9.68. The molecule has 8 heteroatoms. The molecule has 0 bridgehead atoms. The predicted octanol–water partition coefficient (Wildman–Crippen LogP) is 4.60. The second-order valence-corrected chi connectivity index (χ2v) is 6.01. The first-order valence-electron chi connectivity index (χ1n) is 8.71. The van der Waals surface area contributed by atoms with E-state index in [1.807, 2.05) is 6.92 Å². The monoisotopic (exact) mass is 391 g/mol. The molecule has 0 aliphatic heterocycles. The third kappa shape index (κ3) is 6.22. The van der Waals surface area contributed by atoms with Gasteiger partial charge in [0.25, 0.3) is 5.91 Å². The van der Waals surface area contributed by atoms with Gasteiger partial charge in [-0.1, -0.05) is 31.5 Å². The highest BCUT2D eigenvalue weighted by molar-refractivity contribution is 5.96. The highest BCUT2D eigenvalue weighted by Crippen LogP contribution is 2.31. The topological polar surface area (TPSA) is 70.6 Å². The fourth-order valence-corrected chi connectivity index (χ4v) is 2.36. The lowest BCUT2D eigenvalue weighted by Crippen LogP contribution is -2.18. The summed E-state index contributed by atoms with van der Waals surface area (Å²) in [7, 11) is 0. The van der Waals surface area contributed by atoms with Crippen LogP contribution in [0.4, 0.5) is 18.9 Å². The van der Waals surface area contributed by atoms with E-state index in [4.69, 9.17) is 0 Å². The van der Waals surface area contributed by atoms with Crippen molar-refractivity contribution in [3.05, 3.63) is 65.2 Å². The number of unbranched alkanes of at least 4 members (excludes halogenated alkanes) is 1. The first-order chi connectivity index (χ1) is 13.3. The maximum atomic E-state index is 12.9. The molecule has 2 aromatic carbocycles. The summed E-state index contributed by atoms with van der Waals surface area (Å²) in [4.78, 5) is 23.7. The van der Waals surface area contributed by atoms with Gasteiger partial charge < -0.3 is 5.32 Å². The van der Waals surface area contributed by atoms with E-state index >= 15 is 0 Å². The molecule has 0 unspecified atom stereocenters. The predicted molar refractivity (Wildman–Crippen MR) is 101 cm³/mol. The summed E-state index contributed by atoms with van der Waals surface area (Å²) in [5.41, 5.74) is 2.01. The molecule has 2 aromatic rings. The van der Waals surface area contributed by atoms with Crippen molar-refractivity contribution in [2.24, 2.45) is 5.10 Å². The summed E-state index contributed by atoms with van der Waals surface area (Å²) < 4.78 is 38.8. The summed E-state index contributed by atoms with van der Waals surface area (Å²) in [6.45, 7) is 1.99. The normalized spacial score (nSPS) is 11.4. The van der Waals surface area contributed by atoms with Gasteiger partial charge in [0.05, 0.1) is 11.8 Å². The van der Waals surface area contributed by atoms with Crippen LogP contribution in [0, 0.1) is 0 Å². The molecule has 148 valence electrons. The van der Waals surface area contributed by atoms with Crippen LogP contribution in [-0.2, 0) is 11.0 Å². The van der Waals surface area contributed by atoms with Crippen LogP contribution in [-0.4, -0.2) is 18.0 Å². The van der Waals surface area contributed by atoms with Crippen molar-refractivity contribution >= 4 is 23.7 Å². The molecule has 2 rings (SSSR count). The first-order valence-corrected chi connectivity index (χ1v) is 8.71. The quantitative estimate of drug-likeness (QED) is 0.535. The number of alkyl halides is 3. The van der Waals surface area contributed by atoms with Gasteiger partial charge in [-0.25, -0.2) is 5.43 Å². The molecule has 0 spiro atoms. The molecule has 0 atom stereocenters. The molecular weight excluding hydrogens is 371 g/mol. The average Bonchev–Trinajstić information content (AvgIpc) is 2.66. The van der Waals surface area contributed by atoms with Gasteiger partial charge >= 0.3 is 6.18 Å². The number of nitrogens with zero attached hydrogens (tertiary/aromatic N) is 1. The Morgan fingerprint density at radius 2 is 1.75 bits per heavy atom. The number of nitrogens with one attached hydrogen (secondary N) is 2. The molecule has 0 saturated carbocycles. The molecule has 2 N–H and O–H groups in total. The van der Waals surface area contributed by atoms with Gasteiger partial charge in [0.2, 0.25) is 5.91 Å². The molecule has 0 aliphatic carbocycles. The van der Waals surface area contributed by atoms with Crippen LogP contribution >= 0.6 is 0 Å². The van der Waals surface area contributed by atoms with E-state index in [0.717, 1.165) is 25.1 Å². The van der Waals surface area contributed by atoms with Gasteiger partial charge in [0.1, 0.15) is 0 Å². The highest BCUT2D eigenvalue weighted by atomic mass is 19.4. The first kappa shape index (κ1) is 21.1. The summed E-state index contributed by atoms with van der Waals surface area (Å²) in [5.74, 6) is -0.684. The van der Waals surface area contributed by atoms with E-state index in [1.54, 1.807) is 12.1 Å². The van der Waals surface area contributed by atoms with Crippen molar-refractivity contribution in [3.63, 3.8) is 0 Å². The Labute approximate surface area is 160 Å². The zero-order chi connectivity index (χ0) is 20.6. The van der Waals surface area contributed by atoms with Crippen LogP contribution in [0.3, 0.4) is 0 Å². The Morgan fingerprint density at radius 3 is 2.39 bits per heavy atom. The molecule has 28 heavy (non-hydrogen) atoms. The summed E-state index contributed by atoms with van der Waals surface area (Å²) in [6, 6.07) is 11.1. The Morgan fingerprint density at radius 1 is 1.07 bits per heavy atom. The van der Waals surface area contributed by atoms with Crippen molar-refractivity contribution in [2.45, 2.75) is 32.4 Å². The van der Waals surface area contributed by atoms with Gasteiger partial charge in [0, 0.05) is 23.2 Å². The van der Waals surface area contributed by atoms with Crippen LogP contribution in [0.1, 0.15) is 47.7 Å². The Bertz CT molecular complexity index is 847. The lowest BCUT2D eigenvalue weighted by Gasteiger charge is -2.09. The number of benzene rings is 2. The number of anilines is 1. The fraction of sp³-hybridized carbons (Fsp3) is 0.250. The summed E-state index contributed by atoms with van der Waals surface area (Å²) in [6.07, 6.45) is -1.43. The molecule has 0 fully saturated rings. The highest BCUT2D eigenvalue weighted by Gasteiger charge is 2.32. The van der Waals surface area contributed by atoms with Crippen LogP contribution in [0.25, 0.3) is 0 Å². The Kier molecular flexibility index (Phi) is 7.31. The standard InChI is InChI=1S/C20H20F3N3O2/c1-2-3-8-18(27)25-16-11-9-14(10-12-16)19(28)26-24-13-15-6-4-5-7-17(15)20(21,22)23/h4-7,9-13H,2-3,8H2,1H3,(H,25,27)(H,26,28). The van der Waals surface area contributed by atoms with Crippen molar-refractivity contribution in [3.8, 4) is 0 Å². The van der Waals surface area contributed by atoms with Crippen LogP contribution in [0.5, 0.6) is 0 Å². The molecule has 0 aliphatic rings. The van der Waals surface area contributed by atoms with Gasteiger partial charge in [-0.05, 0) is 36.8 Å². The van der Waals surface area contributed by atoms with Crippen LogP contribution < -0.4 is 10.7 Å². The van der Waals surface area contributed by atoms with E-state index in [0.29, 0.717) is 12.1 Å². The number of carbonyl (C=O) groups excluding carboxylic acids is 2. The zero-order valence-electron chi connectivity index (χ0n) is 15.2. The van der Waals surface area contributed by atoms with Gasteiger partial charge in [-0.3, -0.25) is 9.59 Å². The van der Waals surface area contributed by atoms with Crippen LogP contribution in [0.2, 0.25) is 0 Å². The SMILES string of the molecule is CCCCC(=O)Nc1ccc(C(=O)NN=Cc2ccccc2C(F)(F)F)cc1. The molecule has 0 heterocycles. The largest absolute Gasteiger partial charge is 0.417 e. The van der Waals surface area contributed by atoms with Crippen molar-refractivity contribution < 1.29 is 22.8 Å². The second-order valence-electron chi connectivity index (χ2n) is 6.01. The average molecular weight is 391 g/mol. The Hall–Kier alpha value is -3.16. The minimum atomic E-state index is -4.51. The van der Waals surface area contributed by atoms with Gasteiger partial charge in [-0.15, -0.1) is 0 Å². The van der Waals surface area contributed by atoms with E-state index in [9.17, 15) is 22.8 Å². The number of halogens is 3. The van der Waals surface area contributed by atoms with E-state index in [1.165, 1.54) is 30.3 Å². The lowest BCUT2D eigenvalue weighted by molar-refractivity contribution is -0.137. The number of carbonyl (C=O) groups is 2. The molecule has 0 radical (unpaired) electrons. The van der Waals surface area contributed by atoms with Crippen molar-refractivity contribution in [2.75, 3.05) is 5.32 Å². The summed E-state index contributed by atoms with van der Waals surface area (Å²) in [5, 5.41) is 6.32. The molecule has 5 nitrogen and oxygen atoms in total. The third-order valence-corrected chi connectivity index (χ3v) is 3.82. The van der Waals surface area contributed by atoms with Crippen molar-refractivity contribution in [1.29, 1.82) is 0 Å². The smallest absolute Gasteiger partial charge is 0.326 e. The third-order valence-electron chi connectivity index (χ3n) is 3.82.